The summed E-state index contributed by atoms with van der Waals surface area (Å²) in [7, 11) is 0. The molecule has 8 heteroatoms. The first-order chi connectivity index (χ1) is 10.2. The third kappa shape index (κ3) is 3.70. The maximum atomic E-state index is 12.8. The molecule has 21 heavy (non-hydrogen) atoms. The van der Waals surface area contributed by atoms with E-state index in [1.165, 1.54) is 35.2 Å². The number of nitrogens with zero attached hydrogens (tertiary/aromatic N) is 2. The van der Waals surface area contributed by atoms with Gasteiger partial charge in [-0.1, -0.05) is 35.2 Å². The van der Waals surface area contributed by atoms with Crippen LogP contribution in [-0.4, -0.2) is 28.0 Å². The number of thioether (sulfide) groups is 1. The first-order valence-electron chi connectivity index (χ1n) is 6.36. The molecular formula is C13H12FN3O2S2. The van der Waals surface area contributed by atoms with Crippen molar-refractivity contribution in [1.29, 1.82) is 0 Å². The summed E-state index contributed by atoms with van der Waals surface area (Å²) in [5.41, 5.74) is 0.958. The summed E-state index contributed by atoms with van der Waals surface area (Å²) in [6.45, 7) is 1.02. The smallest absolute Gasteiger partial charge is 0.319 e. The molecule has 1 atom stereocenters. The Morgan fingerprint density at radius 2 is 2.19 bits per heavy atom. The van der Waals surface area contributed by atoms with Gasteiger partial charge >= 0.3 is 5.97 Å². The molecule has 0 unspecified atom stereocenters. The molecule has 0 bridgehead atoms. The van der Waals surface area contributed by atoms with E-state index in [1.54, 1.807) is 12.1 Å². The van der Waals surface area contributed by atoms with E-state index in [9.17, 15) is 9.18 Å². The SMILES string of the molecule is O=C1OCC[C@@H]1Sc1nnc(NCc2ccc(F)cc2)s1. The molecule has 0 amide bonds. The van der Waals surface area contributed by atoms with Gasteiger partial charge in [0.1, 0.15) is 11.1 Å². The molecule has 0 saturated carbocycles. The Morgan fingerprint density at radius 3 is 2.90 bits per heavy atom. The fourth-order valence-corrected chi connectivity index (χ4v) is 3.78. The third-order valence-electron chi connectivity index (χ3n) is 2.89. The van der Waals surface area contributed by atoms with Gasteiger partial charge in [0.05, 0.1) is 6.61 Å². The van der Waals surface area contributed by atoms with Gasteiger partial charge in [0.25, 0.3) is 0 Å². The molecule has 2 heterocycles. The van der Waals surface area contributed by atoms with Gasteiger partial charge in [-0.3, -0.25) is 4.79 Å². The second-order valence-electron chi connectivity index (χ2n) is 4.42. The Hall–Kier alpha value is -1.67. The van der Waals surface area contributed by atoms with Crippen molar-refractivity contribution in [2.24, 2.45) is 0 Å². The number of esters is 1. The van der Waals surface area contributed by atoms with Gasteiger partial charge in [-0.25, -0.2) is 4.39 Å². The fraction of sp³-hybridized carbons (Fsp3) is 0.308. The number of hydrogen-bond acceptors (Lipinski definition) is 7. The third-order valence-corrected chi connectivity index (χ3v) is 5.10. The van der Waals surface area contributed by atoms with Crippen LogP contribution in [0.2, 0.25) is 0 Å². The molecule has 110 valence electrons. The number of cyclic esters (lactones) is 1. The van der Waals surface area contributed by atoms with Crippen LogP contribution in [0.3, 0.4) is 0 Å². The second kappa shape index (κ2) is 6.40. The highest BCUT2D eigenvalue weighted by molar-refractivity contribution is 8.02. The van der Waals surface area contributed by atoms with Crippen molar-refractivity contribution in [3.05, 3.63) is 35.6 Å². The van der Waals surface area contributed by atoms with Crippen molar-refractivity contribution in [2.45, 2.75) is 22.6 Å². The minimum Gasteiger partial charge on any atom is -0.465 e. The maximum absolute atomic E-state index is 12.8. The van der Waals surface area contributed by atoms with Crippen molar-refractivity contribution in [1.82, 2.24) is 10.2 Å². The Labute approximate surface area is 128 Å². The Balaban J connectivity index is 1.55. The van der Waals surface area contributed by atoms with Crippen LogP contribution >= 0.6 is 23.1 Å². The lowest BCUT2D eigenvalue weighted by Crippen LogP contribution is -2.08. The van der Waals surface area contributed by atoms with Gasteiger partial charge in [0.15, 0.2) is 4.34 Å². The van der Waals surface area contributed by atoms with Crippen LogP contribution in [0.1, 0.15) is 12.0 Å². The average molecular weight is 325 g/mol. The first-order valence-corrected chi connectivity index (χ1v) is 8.05. The monoisotopic (exact) mass is 325 g/mol. The summed E-state index contributed by atoms with van der Waals surface area (Å²) < 4.78 is 18.4. The molecule has 1 aromatic heterocycles. The largest absolute Gasteiger partial charge is 0.465 e. The number of aromatic nitrogens is 2. The highest BCUT2D eigenvalue weighted by atomic mass is 32.2. The molecule has 0 radical (unpaired) electrons. The summed E-state index contributed by atoms with van der Waals surface area (Å²) in [6.07, 6.45) is 0.710. The molecule has 3 rings (SSSR count). The number of ether oxygens (including phenoxy) is 1. The molecule has 2 aromatic rings. The highest BCUT2D eigenvalue weighted by Crippen LogP contribution is 2.33. The number of carbonyl (C=O) groups excluding carboxylic acids is 1. The number of benzene rings is 1. The molecule has 0 spiro atoms. The van der Waals surface area contributed by atoms with E-state index < -0.39 is 0 Å². The lowest BCUT2D eigenvalue weighted by molar-refractivity contribution is -0.137. The van der Waals surface area contributed by atoms with Crippen LogP contribution in [0, 0.1) is 5.82 Å². The van der Waals surface area contributed by atoms with E-state index in [2.05, 4.69) is 15.5 Å². The molecular weight excluding hydrogens is 313 g/mol. The minimum absolute atomic E-state index is 0.178. The second-order valence-corrected chi connectivity index (χ2v) is 6.84. The van der Waals surface area contributed by atoms with Crippen molar-refractivity contribution in [2.75, 3.05) is 11.9 Å². The van der Waals surface area contributed by atoms with Crippen molar-refractivity contribution in [3.8, 4) is 0 Å². The zero-order valence-electron chi connectivity index (χ0n) is 10.9. The van der Waals surface area contributed by atoms with Crippen molar-refractivity contribution < 1.29 is 13.9 Å². The van der Waals surface area contributed by atoms with Crippen molar-refractivity contribution in [3.63, 3.8) is 0 Å². The molecule has 1 fully saturated rings. The molecule has 1 aromatic carbocycles. The molecule has 1 N–H and O–H groups in total. The van der Waals surface area contributed by atoms with Gasteiger partial charge in [0.2, 0.25) is 5.13 Å². The zero-order chi connectivity index (χ0) is 14.7. The quantitative estimate of drug-likeness (QED) is 0.853. The van der Waals surface area contributed by atoms with Crippen LogP contribution < -0.4 is 5.32 Å². The van der Waals surface area contributed by atoms with E-state index in [-0.39, 0.29) is 17.0 Å². The van der Waals surface area contributed by atoms with E-state index >= 15 is 0 Å². The number of nitrogens with one attached hydrogen (secondary N) is 1. The van der Waals surface area contributed by atoms with Gasteiger partial charge < -0.3 is 10.1 Å². The van der Waals surface area contributed by atoms with Crippen LogP contribution in [-0.2, 0) is 16.1 Å². The zero-order valence-corrected chi connectivity index (χ0v) is 12.5. The standard InChI is InChI=1S/C13H12FN3O2S2/c14-9-3-1-8(2-4-9)7-15-12-16-17-13(21-12)20-10-5-6-19-11(10)18/h1-4,10H,5-7H2,(H,15,16)/t10-/m0/s1. The maximum Gasteiger partial charge on any atom is 0.319 e. The predicted molar refractivity (Wildman–Crippen MR) is 78.9 cm³/mol. The number of hydrogen-bond donors (Lipinski definition) is 1. The summed E-state index contributed by atoms with van der Waals surface area (Å²) in [5, 5.41) is 11.7. The predicted octanol–water partition coefficient (Wildman–Crippen LogP) is 2.70. The fourth-order valence-electron chi connectivity index (χ4n) is 1.81. The van der Waals surface area contributed by atoms with Gasteiger partial charge in [-0.15, -0.1) is 10.2 Å². The average Bonchev–Trinajstić information content (AvgIpc) is 3.09. The highest BCUT2D eigenvalue weighted by Gasteiger charge is 2.28. The van der Waals surface area contributed by atoms with Gasteiger partial charge in [-0.2, -0.15) is 0 Å². The topological polar surface area (TPSA) is 64.1 Å². The molecule has 1 aliphatic rings. The number of carbonyl (C=O) groups is 1. The first kappa shape index (κ1) is 14.3. The van der Waals surface area contributed by atoms with Crippen LogP contribution in [0.25, 0.3) is 0 Å². The van der Waals surface area contributed by atoms with Gasteiger partial charge in [-0.05, 0) is 17.7 Å². The van der Waals surface area contributed by atoms with Crippen LogP contribution in [0.4, 0.5) is 9.52 Å². The van der Waals surface area contributed by atoms with Crippen LogP contribution in [0.5, 0.6) is 0 Å². The Bertz CT molecular complexity index is 633. The normalized spacial score (nSPS) is 17.8. The molecule has 5 nitrogen and oxygen atoms in total. The number of anilines is 1. The lowest BCUT2D eigenvalue weighted by atomic mass is 10.2. The van der Waals surface area contributed by atoms with E-state index in [1.807, 2.05) is 0 Å². The Morgan fingerprint density at radius 1 is 1.38 bits per heavy atom. The summed E-state index contributed by atoms with van der Waals surface area (Å²) >= 11 is 2.78. The Kier molecular flexibility index (Phi) is 4.35. The lowest BCUT2D eigenvalue weighted by Gasteiger charge is -2.02. The van der Waals surface area contributed by atoms with Crippen LogP contribution in [0.15, 0.2) is 28.6 Å². The summed E-state index contributed by atoms with van der Waals surface area (Å²) in [4.78, 5) is 11.4. The molecule has 1 saturated heterocycles. The van der Waals surface area contributed by atoms with Gasteiger partial charge in [0, 0.05) is 13.0 Å². The minimum atomic E-state index is -0.253. The van der Waals surface area contributed by atoms with Crippen molar-refractivity contribution >= 4 is 34.2 Å². The van der Waals surface area contributed by atoms with E-state index in [0.717, 1.165) is 9.90 Å². The summed E-state index contributed by atoms with van der Waals surface area (Å²) in [6, 6.07) is 6.27. The van der Waals surface area contributed by atoms with E-state index in [4.69, 9.17) is 4.74 Å². The molecule has 0 aliphatic carbocycles. The summed E-state index contributed by atoms with van der Waals surface area (Å²) in [5.74, 6) is -0.437. The number of rotatable bonds is 5. The number of halogens is 1. The van der Waals surface area contributed by atoms with E-state index in [0.29, 0.717) is 24.7 Å². The molecule has 1 aliphatic heterocycles.